The Morgan fingerprint density at radius 3 is 2.45 bits per heavy atom. The van der Waals surface area contributed by atoms with Crippen molar-refractivity contribution in [3.63, 3.8) is 0 Å². The maximum atomic E-state index is 13.0. The number of hydrogen-bond donors (Lipinski definition) is 2. The Balaban J connectivity index is 1.76. The van der Waals surface area contributed by atoms with Gasteiger partial charge in [0, 0.05) is 10.7 Å². The van der Waals surface area contributed by atoms with Crippen molar-refractivity contribution >= 4 is 35.1 Å². The molecule has 152 valence electrons. The predicted molar refractivity (Wildman–Crippen MR) is 113 cm³/mol. The van der Waals surface area contributed by atoms with Gasteiger partial charge in [0.15, 0.2) is 0 Å². The molecule has 2 aromatic rings. The topological polar surface area (TPSA) is 78.5 Å². The van der Waals surface area contributed by atoms with Crippen LogP contribution in [0.1, 0.15) is 43.4 Å². The van der Waals surface area contributed by atoms with Gasteiger partial charge in [-0.25, -0.2) is 4.79 Å². The van der Waals surface area contributed by atoms with Crippen molar-refractivity contribution in [2.24, 2.45) is 0 Å². The second kappa shape index (κ2) is 7.87. The summed E-state index contributed by atoms with van der Waals surface area (Å²) in [4.78, 5) is 38.9. The number of halogens is 1. The fourth-order valence-electron chi connectivity index (χ4n) is 3.31. The van der Waals surface area contributed by atoms with E-state index in [4.69, 9.17) is 11.6 Å². The van der Waals surface area contributed by atoms with E-state index in [1.807, 2.05) is 24.3 Å². The summed E-state index contributed by atoms with van der Waals surface area (Å²) in [5.74, 6) is -0.572. The first-order chi connectivity index (χ1) is 13.6. The van der Waals surface area contributed by atoms with E-state index in [0.717, 1.165) is 16.0 Å². The van der Waals surface area contributed by atoms with Crippen molar-refractivity contribution in [2.45, 2.75) is 39.2 Å². The monoisotopic (exact) mass is 413 g/mol. The largest absolute Gasteiger partial charge is 0.325 e. The summed E-state index contributed by atoms with van der Waals surface area (Å²) < 4.78 is 0. The second-order valence-electron chi connectivity index (χ2n) is 7.68. The molecule has 3 rings (SSSR count). The molecule has 2 N–H and O–H groups in total. The maximum absolute atomic E-state index is 13.0. The summed E-state index contributed by atoms with van der Waals surface area (Å²) in [6.07, 6.45) is 0. The number of rotatable bonds is 5. The van der Waals surface area contributed by atoms with Crippen molar-refractivity contribution in [3.8, 4) is 0 Å². The van der Waals surface area contributed by atoms with E-state index in [9.17, 15) is 14.4 Å². The van der Waals surface area contributed by atoms with Gasteiger partial charge in [-0.15, -0.1) is 0 Å². The molecule has 0 radical (unpaired) electrons. The van der Waals surface area contributed by atoms with E-state index in [1.54, 1.807) is 32.0 Å². The van der Waals surface area contributed by atoms with Gasteiger partial charge in [0.25, 0.3) is 5.91 Å². The molecule has 1 fully saturated rings. The van der Waals surface area contributed by atoms with E-state index in [1.165, 1.54) is 0 Å². The zero-order chi connectivity index (χ0) is 21.3. The molecule has 1 aliphatic heterocycles. The number of nitrogens with zero attached hydrogens (tertiary/aromatic N) is 1. The normalized spacial score (nSPS) is 18.9. The van der Waals surface area contributed by atoms with Crippen LogP contribution in [0.5, 0.6) is 0 Å². The van der Waals surface area contributed by atoms with Gasteiger partial charge in [-0.2, -0.15) is 0 Å². The van der Waals surface area contributed by atoms with E-state index in [2.05, 4.69) is 24.5 Å². The molecule has 0 aromatic heterocycles. The third-order valence-electron chi connectivity index (χ3n) is 5.27. The average Bonchev–Trinajstić information content (AvgIpc) is 2.89. The minimum atomic E-state index is -1.21. The first-order valence-corrected chi connectivity index (χ1v) is 9.81. The summed E-state index contributed by atoms with van der Waals surface area (Å²) in [5, 5.41) is 5.95. The van der Waals surface area contributed by atoms with Gasteiger partial charge in [-0.05, 0) is 48.6 Å². The maximum Gasteiger partial charge on any atom is 0.325 e. The number of carbonyl (C=O) groups excluding carboxylic acids is 3. The lowest BCUT2D eigenvalue weighted by atomic mass is 9.90. The van der Waals surface area contributed by atoms with Gasteiger partial charge in [0.2, 0.25) is 5.91 Å². The summed E-state index contributed by atoms with van der Waals surface area (Å²) >= 11 is 6.07. The van der Waals surface area contributed by atoms with Gasteiger partial charge < -0.3 is 10.6 Å². The van der Waals surface area contributed by atoms with E-state index < -0.39 is 23.4 Å². The third kappa shape index (κ3) is 3.98. The fraction of sp³-hybridized carbons (Fsp3) is 0.318. The molecule has 1 atom stereocenters. The lowest BCUT2D eigenvalue weighted by Gasteiger charge is -2.23. The van der Waals surface area contributed by atoms with Gasteiger partial charge in [0.1, 0.15) is 12.1 Å². The number of nitrogens with one attached hydrogen (secondary N) is 2. The van der Waals surface area contributed by atoms with E-state index >= 15 is 0 Å². The van der Waals surface area contributed by atoms with Crippen LogP contribution < -0.4 is 10.6 Å². The zero-order valence-electron chi connectivity index (χ0n) is 16.9. The van der Waals surface area contributed by atoms with Gasteiger partial charge in [-0.3, -0.25) is 14.5 Å². The third-order valence-corrected chi connectivity index (χ3v) is 5.68. The Kier molecular flexibility index (Phi) is 5.66. The summed E-state index contributed by atoms with van der Waals surface area (Å²) in [7, 11) is 0. The fourth-order valence-corrected chi connectivity index (χ4v) is 3.49. The molecule has 1 saturated heterocycles. The molecule has 0 aliphatic carbocycles. The van der Waals surface area contributed by atoms with Crippen LogP contribution >= 0.6 is 11.6 Å². The van der Waals surface area contributed by atoms with Crippen molar-refractivity contribution in [1.29, 1.82) is 0 Å². The van der Waals surface area contributed by atoms with Crippen LogP contribution in [-0.2, 0) is 15.1 Å². The molecule has 6 nitrogen and oxygen atoms in total. The van der Waals surface area contributed by atoms with Crippen LogP contribution in [0.2, 0.25) is 5.02 Å². The number of amides is 4. The minimum absolute atomic E-state index is 0.362. The standard InChI is InChI=1S/C22H24ClN3O3/c1-13(2)15-8-10-16(11-9-15)22(4)20(28)26(21(29)25-22)12-19(27)24-18-7-5-6-17(23)14(18)3/h5-11,13H,12H2,1-4H3,(H,24,27)(H,25,29)/t22-/m1/s1. The van der Waals surface area contributed by atoms with E-state index in [-0.39, 0.29) is 6.54 Å². The molecule has 0 spiro atoms. The van der Waals surface area contributed by atoms with Crippen LogP contribution in [0.25, 0.3) is 0 Å². The number of carbonyl (C=O) groups is 3. The van der Waals surface area contributed by atoms with Gasteiger partial charge in [-0.1, -0.05) is 55.8 Å². The molecular formula is C22H24ClN3O3. The predicted octanol–water partition coefficient (Wildman–Crippen LogP) is 4.18. The van der Waals surface area contributed by atoms with Crippen molar-refractivity contribution in [1.82, 2.24) is 10.2 Å². The lowest BCUT2D eigenvalue weighted by Crippen LogP contribution is -2.42. The lowest BCUT2D eigenvalue weighted by molar-refractivity contribution is -0.133. The molecule has 0 bridgehead atoms. The summed E-state index contributed by atoms with van der Waals surface area (Å²) in [6.45, 7) is 7.22. The Bertz CT molecular complexity index is 972. The minimum Gasteiger partial charge on any atom is -0.324 e. The number of anilines is 1. The average molecular weight is 414 g/mol. The summed E-state index contributed by atoms with van der Waals surface area (Å²) in [6, 6.07) is 12.1. The molecule has 0 unspecified atom stereocenters. The van der Waals surface area contributed by atoms with Crippen LogP contribution in [0.15, 0.2) is 42.5 Å². The first kappa shape index (κ1) is 20.9. The highest BCUT2D eigenvalue weighted by atomic mass is 35.5. The van der Waals surface area contributed by atoms with E-state index in [0.29, 0.717) is 22.2 Å². The number of hydrogen-bond acceptors (Lipinski definition) is 3. The zero-order valence-corrected chi connectivity index (χ0v) is 17.6. The van der Waals surface area contributed by atoms with Crippen LogP contribution in [0, 0.1) is 6.92 Å². The van der Waals surface area contributed by atoms with Gasteiger partial charge >= 0.3 is 6.03 Å². The number of imide groups is 1. The molecule has 0 saturated carbocycles. The highest BCUT2D eigenvalue weighted by Gasteiger charge is 2.49. The molecule has 29 heavy (non-hydrogen) atoms. The van der Waals surface area contributed by atoms with Crippen LogP contribution in [-0.4, -0.2) is 29.3 Å². The van der Waals surface area contributed by atoms with Crippen molar-refractivity contribution < 1.29 is 14.4 Å². The number of urea groups is 1. The van der Waals surface area contributed by atoms with Crippen LogP contribution in [0.3, 0.4) is 0 Å². The highest BCUT2D eigenvalue weighted by Crippen LogP contribution is 2.30. The van der Waals surface area contributed by atoms with Crippen molar-refractivity contribution in [2.75, 3.05) is 11.9 Å². The Labute approximate surface area is 175 Å². The molecule has 1 aliphatic rings. The number of benzene rings is 2. The molecule has 4 amide bonds. The van der Waals surface area contributed by atoms with Crippen molar-refractivity contribution in [3.05, 3.63) is 64.2 Å². The first-order valence-electron chi connectivity index (χ1n) is 9.43. The Hall–Kier alpha value is -2.86. The molecular weight excluding hydrogens is 390 g/mol. The Morgan fingerprint density at radius 2 is 1.83 bits per heavy atom. The van der Waals surface area contributed by atoms with Gasteiger partial charge in [0.05, 0.1) is 0 Å². The molecule has 2 aromatic carbocycles. The second-order valence-corrected chi connectivity index (χ2v) is 8.09. The van der Waals surface area contributed by atoms with Crippen LogP contribution in [0.4, 0.5) is 10.5 Å². The summed E-state index contributed by atoms with van der Waals surface area (Å²) in [5.41, 5.74) is 1.87. The smallest absolute Gasteiger partial charge is 0.324 e. The highest BCUT2D eigenvalue weighted by molar-refractivity contribution is 6.31. The molecule has 7 heteroatoms. The quantitative estimate of drug-likeness (QED) is 0.722. The molecule has 1 heterocycles. The SMILES string of the molecule is Cc1c(Cl)cccc1NC(=O)CN1C(=O)N[C@](C)(c2ccc(C(C)C)cc2)C1=O. The Morgan fingerprint density at radius 1 is 1.17 bits per heavy atom.